The molecule has 0 N–H and O–H groups in total. The van der Waals surface area contributed by atoms with E-state index < -0.39 is 0 Å². The fourth-order valence-corrected chi connectivity index (χ4v) is 3.88. The summed E-state index contributed by atoms with van der Waals surface area (Å²) in [5.74, 6) is 1.19. The van der Waals surface area contributed by atoms with E-state index >= 15 is 0 Å². The molecule has 0 aliphatic heterocycles. The highest BCUT2D eigenvalue weighted by molar-refractivity contribution is 7.99. The van der Waals surface area contributed by atoms with Crippen LogP contribution in [0.15, 0.2) is 41.6 Å². The number of hydrogen-bond acceptors (Lipinski definition) is 4. The lowest BCUT2D eigenvalue weighted by atomic mass is 10.1. The molecule has 1 aliphatic carbocycles. The Morgan fingerprint density at radius 3 is 2.44 bits per heavy atom. The van der Waals surface area contributed by atoms with Crippen molar-refractivity contribution in [1.29, 1.82) is 0 Å². The Morgan fingerprint density at radius 1 is 1.20 bits per heavy atom. The molecular formula is C20H25N3OS. The van der Waals surface area contributed by atoms with Crippen LogP contribution in [-0.2, 0) is 11.3 Å². The summed E-state index contributed by atoms with van der Waals surface area (Å²) in [6.07, 6.45) is 2.46. The highest BCUT2D eigenvalue weighted by Crippen LogP contribution is 2.36. The molecular weight excluding hydrogens is 330 g/mol. The quantitative estimate of drug-likeness (QED) is 0.556. The van der Waals surface area contributed by atoms with Gasteiger partial charge in [-0.1, -0.05) is 42.1 Å². The summed E-state index contributed by atoms with van der Waals surface area (Å²) in [5, 5.41) is 0.685. The Labute approximate surface area is 154 Å². The van der Waals surface area contributed by atoms with E-state index in [1.807, 2.05) is 43.0 Å². The third-order valence-electron chi connectivity index (χ3n) is 4.60. The maximum Gasteiger partial charge on any atom is 0.233 e. The zero-order valence-electron chi connectivity index (χ0n) is 15.1. The average Bonchev–Trinajstić information content (AvgIpc) is 3.42. The number of aromatic nitrogens is 2. The second-order valence-electron chi connectivity index (χ2n) is 6.81. The Hall–Kier alpha value is -1.88. The van der Waals surface area contributed by atoms with Gasteiger partial charge in [0.25, 0.3) is 0 Å². The number of aryl methyl sites for hydroxylation is 2. The molecule has 1 aromatic heterocycles. The lowest BCUT2D eigenvalue weighted by molar-refractivity contribution is -0.131. The predicted molar refractivity (Wildman–Crippen MR) is 101 cm³/mol. The van der Waals surface area contributed by atoms with Crippen molar-refractivity contribution in [3.8, 4) is 0 Å². The van der Waals surface area contributed by atoms with Crippen molar-refractivity contribution in [2.24, 2.45) is 5.92 Å². The first-order valence-electron chi connectivity index (χ1n) is 8.81. The Balaban J connectivity index is 1.67. The van der Waals surface area contributed by atoms with Crippen LogP contribution >= 0.6 is 11.8 Å². The van der Waals surface area contributed by atoms with Crippen molar-refractivity contribution in [1.82, 2.24) is 14.9 Å². The van der Waals surface area contributed by atoms with Crippen molar-refractivity contribution >= 4 is 17.7 Å². The molecule has 0 bridgehead atoms. The first-order valence-corrected chi connectivity index (χ1v) is 9.80. The van der Waals surface area contributed by atoms with Crippen LogP contribution in [0.4, 0.5) is 0 Å². The van der Waals surface area contributed by atoms with Crippen LogP contribution < -0.4 is 0 Å². The summed E-state index contributed by atoms with van der Waals surface area (Å²) in [6, 6.07) is 12.5. The minimum atomic E-state index is 0.163. The fraction of sp³-hybridized carbons (Fsp3) is 0.450. The molecule has 1 heterocycles. The third-order valence-corrected chi connectivity index (χ3v) is 5.43. The Bertz CT molecular complexity index is 711. The average molecular weight is 356 g/mol. The number of amides is 1. The topological polar surface area (TPSA) is 46.1 Å². The molecule has 4 nitrogen and oxygen atoms in total. The SMILES string of the molecule is Cc1cc(C)nc(SCC(=O)N(Cc2ccccc2)C(C)C2CC2)n1. The van der Waals surface area contributed by atoms with Gasteiger partial charge in [0.15, 0.2) is 5.16 Å². The van der Waals surface area contributed by atoms with Gasteiger partial charge < -0.3 is 4.90 Å². The minimum Gasteiger partial charge on any atom is -0.335 e. The standard InChI is InChI=1S/C20H25N3OS/c1-14-11-15(2)22-20(21-14)25-13-19(24)23(16(3)18-9-10-18)12-17-7-5-4-6-8-17/h4-8,11,16,18H,9-10,12-13H2,1-3H3. The molecule has 0 saturated heterocycles. The van der Waals surface area contributed by atoms with Crippen LogP contribution in [0.3, 0.4) is 0 Å². The number of benzene rings is 1. The van der Waals surface area contributed by atoms with Crippen LogP contribution in [0, 0.1) is 19.8 Å². The van der Waals surface area contributed by atoms with Crippen molar-refractivity contribution in [3.05, 3.63) is 53.3 Å². The van der Waals surface area contributed by atoms with Gasteiger partial charge in [0.05, 0.1) is 5.75 Å². The zero-order chi connectivity index (χ0) is 17.8. The smallest absolute Gasteiger partial charge is 0.233 e. The van der Waals surface area contributed by atoms with Crippen molar-refractivity contribution in [2.45, 2.75) is 51.4 Å². The number of nitrogens with zero attached hydrogens (tertiary/aromatic N) is 3. The molecule has 1 fully saturated rings. The Kier molecular flexibility index (Phi) is 5.74. The summed E-state index contributed by atoms with van der Waals surface area (Å²) in [5.41, 5.74) is 3.06. The summed E-state index contributed by atoms with van der Waals surface area (Å²) in [6.45, 7) is 6.76. The van der Waals surface area contributed by atoms with Crippen LogP contribution in [0.25, 0.3) is 0 Å². The van der Waals surface area contributed by atoms with Gasteiger partial charge in [-0.2, -0.15) is 0 Å². The van der Waals surface area contributed by atoms with Gasteiger partial charge in [-0.25, -0.2) is 9.97 Å². The molecule has 1 atom stereocenters. The lowest BCUT2D eigenvalue weighted by Gasteiger charge is -2.29. The molecule has 25 heavy (non-hydrogen) atoms. The summed E-state index contributed by atoms with van der Waals surface area (Å²) < 4.78 is 0. The van der Waals surface area contributed by atoms with Crippen molar-refractivity contribution < 1.29 is 4.79 Å². The van der Waals surface area contributed by atoms with Gasteiger partial charge in [-0.05, 0) is 51.2 Å². The molecule has 0 spiro atoms. The molecule has 2 aromatic rings. The molecule has 132 valence electrons. The first kappa shape index (κ1) is 17.9. The maximum atomic E-state index is 12.9. The lowest BCUT2D eigenvalue weighted by Crippen LogP contribution is -2.40. The van der Waals surface area contributed by atoms with Gasteiger partial charge in [-0.15, -0.1) is 0 Å². The molecule has 1 amide bonds. The van der Waals surface area contributed by atoms with Gasteiger partial charge in [-0.3, -0.25) is 4.79 Å². The fourth-order valence-electron chi connectivity index (χ4n) is 3.04. The number of thioether (sulfide) groups is 1. The monoisotopic (exact) mass is 355 g/mol. The van der Waals surface area contributed by atoms with E-state index in [2.05, 4.69) is 29.0 Å². The highest BCUT2D eigenvalue weighted by atomic mass is 32.2. The van der Waals surface area contributed by atoms with E-state index in [-0.39, 0.29) is 11.9 Å². The number of rotatable bonds is 7. The number of hydrogen-bond donors (Lipinski definition) is 0. The van der Waals surface area contributed by atoms with Gasteiger partial charge in [0.2, 0.25) is 5.91 Å². The number of carbonyl (C=O) groups excluding carboxylic acids is 1. The van der Waals surface area contributed by atoms with Crippen LogP contribution in [0.5, 0.6) is 0 Å². The zero-order valence-corrected chi connectivity index (χ0v) is 15.9. The van der Waals surface area contributed by atoms with Crippen LogP contribution in [0.1, 0.15) is 36.7 Å². The summed E-state index contributed by atoms with van der Waals surface area (Å²) in [7, 11) is 0. The van der Waals surface area contributed by atoms with Gasteiger partial charge in [0.1, 0.15) is 0 Å². The molecule has 1 aromatic carbocycles. The normalized spacial score (nSPS) is 15.0. The van der Waals surface area contributed by atoms with Crippen molar-refractivity contribution in [2.75, 3.05) is 5.75 Å². The van der Waals surface area contributed by atoms with E-state index in [0.717, 1.165) is 11.4 Å². The van der Waals surface area contributed by atoms with E-state index in [1.54, 1.807) is 0 Å². The molecule has 0 radical (unpaired) electrons. The second-order valence-corrected chi connectivity index (χ2v) is 7.75. The Morgan fingerprint density at radius 2 is 1.84 bits per heavy atom. The molecule has 1 unspecified atom stereocenters. The molecule has 1 saturated carbocycles. The first-order chi connectivity index (χ1) is 12.0. The van der Waals surface area contributed by atoms with E-state index in [1.165, 1.54) is 30.2 Å². The highest BCUT2D eigenvalue weighted by Gasteiger charge is 2.34. The molecule has 5 heteroatoms. The maximum absolute atomic E-state index is 12.9. The second kappa shape index (κ2) is 8.00. The minimum absolute atomic E-state index is 0.163. The predicted octanol–water partition coefficient (Wildman–Crippen LogP) is 4.01. The van der Waals surface area contributed by atoms with Crippen molar-refractivity contribution in [3.63, 3.8) is 0 Å². The van der Waals surface area contributed by atoms with Crippen LogP contribution in [-0.4, -0.2) is 32.6 Å². The van der Waals surface area contributed by atoms with Crippen LogP contribution in [0.2, 0.25) is 0 Å². The summed E-state index contributed by atoms with van der Waals surface area (Å²) in [4.78, 5) is 23.8. The van der Waals surface area contributed by atoms with E-state index in [0.29, 0.717) is 23.4 Å². The summed E-state index contributed by atoms with van der Waals surface area (Å²) >= 11 is 1.43. The van der Waals surface area contributed by atoms with Gasteiger partial charge >= 0.3 is 0 Å². The molecule has 1 aliphatic rings. The van der Waals surface area contributed by atoms with Gasteiger partial charge in [0, 0.05) is 24.0 Å². The van der Waals surface area contributed by atoms with E-state index in [9.17, 15) is 4.79 Å². The molecule has 3 rings (SSSR count). The number of carbonyl (C=O) groups is 1. The van der Waals surface area contributed by atoms with E-state index in [4.69, 9.17) is 0 Å². The third kappa shape index (κ3) is 5.05. The largest absolute Gasteiger partial charge is 0.335 e.